The Morgan fingerprint density at radius 3 is 2.69 bits per heavy atom. The molecule has 7 heteroatoms. The molecule has 7 nitrogen and oxygen atoms in total. The van der Waals surface area contributed by atoms with Crippen molar-refractivity contribution in [3.63, 3.8) is 0 Å². The number of nitrogens with zero attached hydrogens (tertiary/aromatic N) is 2. The summed E-state index contributed by atoms with van der Waals surface area (Å²) in [5.74, 6) is 0.882. The lowest BCUT2D eigenvalue weighted by Crippen LogP contribution is -2.26. The summed E-state index contributed by atoms with van der Waals surface area (Å²) in [5.41, 5.74) is 2.37. The van der Waals surface area contributed by atoms with Gasteiger partial charge in [0.2, 0.25) is 5.91 Å². The minimum Gasteiger partial charge on any atom is -0.370 e. The van der Waals surface area contributed by atoms with Crippen molar-refractivity contribution in [2.45, 2.75) is 32.2 Å². The van der Waals surface area contributed by atoms with Crippen molar-refractivity contribution >= 4 is 34.4 Å². The second-order valence-electron chi connectivity index (χ2n) is 7.27. The first-order valence-electron chi connectivity index (χ1n) is 9.75. The van der Waals surface area contributed by atoms with E-state index in [1.807, 2.05) is 37.3 Å². The molecule has 0 spiro atoms. The molecule has 1 fully saturated rings. The second kappa shape index (κ2) is 8.26. The molecule has 1 aliphatic carbocycles. The molecule has 0 bridgehead atoms. The normalized spacial score (nSPS) is 13.1. The van der Waals surface area contributed by atoms with Gasteiger partial charge < -0.3 is 16.0 Å². The fourth-order valence-corrected chi connectivity index (χ4v) is 3.00. The van der Waals surface area contributed by atoms with Crippen LogP contribution in [0, 0.1) is 6.92 Å². The van der Waals surface area contributed by atoms with E-state index in [1.54, 1.807) is 18.3 Å². The maximum Gasteiger partial charge on any atom is 0.252 e. The Morgan fingerprint density at radius 1 is 1.10 bits per heavy atom. The van der Waals surface area contributed by atoms with E-state index < -0.39 is 0 Å². The quantitative estimate of drug-likeness (QED) is 0.576. The van der Waals surface area contributed by atoms with Crippen molar-refractivity contribution in [3.8, 4) is 0 Å². The molecule has 0 aliphatic heterocycles. The third-order valence-corrected chi connectivity index (χ3v) is 4.71. The fourth-order valence-electron chi connectivity index (χ4n) is 3.00. The van der Waals surface area contributed by atoms with Crippen LogP contribution in [0.1, 0.15) is 35.2 Å². The van der Waals surface area contributed by atoms with Crippen LogP contribution in [0.5, 0.6) is 0 Å². The van der Waals surface area contributed by atoms with E-state index in [4.69, 9.17) is 0 Å². The summed E-state index contributed by atoms with van der Waals surface area (Å²) >= 11 is 0. The number of rotatable bonds is 7. The van der Waals surface area contributed by atoms with Crippen molar-refractivity contribution in [1.29, 1.82) is 0 Å². The largest absolute Gasteiger partial charge is 0.370 e. The molecular formula is C22H23N5O2. The van der Waals surface area contributed by atoms with Gasteiger partial charge in [-0.3, -0.25) is 9.59 Å². The minimum atomic E-state index is -0.138. The number of carbonyl (C=O) groups is 2. The van der Waals surface area contributed by atoms with E-state index in [1.165, 1.54) is 0 Å². The van der Waals surface area contributed by atoms with Gasteiger partial charge >= 0.3 is 0 Å². The van der Waals surface area contributed by atoms with Gasteiger partial charge in [0, 0.05) is 30.6 Å². The second-order valence-corrected chi connectivity index (χ2v) is 7.27. The highest BCUT2D eigenvalue weighted by Gasteiger charge is 2.25. The number of aromatic nitrogens is 2. The van der Waals surface area contributed by atoms with Gasteiger partial charge in [0.05, 0.1) is 11.1 Å². The van der Waals surface area contributed by atoms with Crippen molar-refractivity contribution in [2.75, 3.05) is 17.2 Å². The van der Waals surface area contributed by atoms with E-state index >= 15 is 0 Å². The number of fused-ring (bicyclic) bond motifs is 1. The Bertz CT molecular complexity index is 1040. The van der Waals surface area contributed by atoms with Crippen LogP contribution in [0.2, 0.25) is 0 Å². The molecule has 1 aliphatic rings. The summed E-state index contributed by atoms with van der Waals surface area (Å²) in [6, 6.07) is 13.3. The summed E-state index contributed by atoms with van der Waals surface area (Å²) in [6.45, 7) is 2.34. The zero-order chi connectivity index (χ0) is 20.2. The third-order valence-electron chi connectivity index (χ3n) is 4.71. The van der Waals surface area contributed by atoms with Crippen molar-refractivity contribution in [3.05, 3.63) is 59.8 Å². The van der Waals surface area contributed by atoms with Crippen LogP contribution in [0.15, 0.2) is 48.7 Å². The number of nitrogens with one attached hydrogen (secondary N) is 3. The number of hydrogen-bond acceptors (Lipinski definition) is 5. The number of hydrogen-bond donors (Lipinski definition) is 3. The Labute approximate surface area is 168 Å². The molecule has 29 heavy (non-hydrogen) atoms. The number of benzene rings is 1. The number of anilines is 2. The smallest absolute Gasteiger partial charge is 0.252 e. The zero-order valence-electron chi connectivity index (χ0n) is 16.2. The maximum absolute atomic E-state index is 12.6. The number of pyridine rings is 2. The van der Waals surface area contributed by atoms with Crippen LogP contribution in [-0.4, -0.2) is 34.4 Å². The molecular weight excluding hydrogens is 366 g/mol. The van der Waals surface area contributed by atoms with E-state index in [-0.39, 0.29) is 24.3 Å². The lowest BCUT2D eigenvalue weighted by molar-refractivity contribution is -0.116. The van der Waals surface area contributed by atoms with Crippen LogP contribution < -0.4 is 16.0 Å². The maximum atomic E-state index is 12.6. The number of aryl methyl sites for hydroxylation is 1. The first kappa shape index (κ1) is 18.9. The van der Waals surface area contributed by atoms with Gasteiger partial charge in [0.1, 0.15) is 11.6 Å². The van der Waals surface area contributed by atoms with Gasteiger partial charge in [0.25, 0.3) is 5.91 Å². The molecule has 3 N–H and O–H groups in total. The van der Waals surface area contributed by atoms with Gasteiger partial charge in [-0.2, -0.15) is 0 Å². The molecule has 4 rings (SSSR count). The van der Waals surface area contributed by atoms with Crippen molar-refractivity contribution in [2.24, 2.45) is 0 Å². The molecule has 148 valence electrons. The molecule has 2 amide bonds. The average molecular weight is 389 g/mol. The zero-order valence-corrected chi connectivity index (χ0v) is 16.2. The molecule has 1 aromatic carbocycles. The summed E-state index contributed by atoms with van der Waals surface area (Å²) in [7, 11) is 0. The van der Waals surface area contributed by atoms with Crippen LogP contribution in [0.4, 0.5) is 11.6 Å². The Kier molecular flexibility index (Phi) is 5.37. The lowest BCUT2D eigenvalue weighted by atomic mass is 10.1. The predicted octanol–water partition coefficient (Wildman–Crippen LogP) is 3.27. The van der Waals surface area contributed by atoms with Gasteiger partial charge in [-0.1, -0.05) is 24.3 Å². The lowest BCUT2D eigenvalue weighted by Gasteiger charge is -2.11. The van der Waals surface area contributed by atoms with Gasteiger partial charge in [-0.15, -0.1) is 0 Å². The van der Waals surface area contributed by atoms with Crippen LogP contribution in [0.3, 0.4) is 0 Å². The van der Waals surface area contributed by atoms with Crippen LogP contribution in [-0.2, 0) is 4.79 Å². The molecule has 0 saturated heterocycles. The summed E-state index contributed by atoms with van der Waals surface area (Å²) in [6.07, 6.45) is 4.03. The molecule has 3 aromatic rings. The molecule has 0 radical (unpaired) electrons. The molecule has 0 atom stereocenters. The topological polar surface area (TPSA) is 96.0 Å². The van der Waals surface area contributed by atoms with E-state index in [0.29, 0.717) is 23.7 Å². The molecule has 1 saturated carbocycles. The Morgan fingerprint density at radius 2 is 1.93 bits per heavy atom. The minimum absolute atomic E-state index is 0.0858. The van der Waals surface area contributed by atoms with Crippen molar-refractivity contribution < 1.29 is 9.59 Å². The predicted molar refractivity (Wildman–Crippen MR) is 113 cm³/mol. The van der Waals surface area contributed by atoms with Crippen LogP contribution >= 0.6 is 0 Å². The third kappa shape index (κ3) is 4.87. The SMILES string of the molecule is Cc1ccc(NC(=O)CCNc2cc(C(=O)NC3CC3)c3ccccc3n2)nc1. The molecule has 2 aromatic heterocycles. The monoisotopic (exact) mass is 389 g/mol. The van der Waals surface area contributed by atoms with Crippen molar-refractivity contribution in [1.82, 2.24) is 15.3 Å². The van der Waals surface area contributed by atoms with Gasteiger partial charge in [-0.25, -0.2) is 9.97 Å². The van der Waals surface area contributed by atoms with Gasteiger partial charge in [0.15, 0.2) is 0 Å². The van der Waals surface area contributed by atoms with Crippen LogP contribution in [0.25, 0.3) is 10.9 Å². The van der Waals surface area contributed by atoms with Gasteiger partial charge in [-0.05, 0) is 43.5 Å². The van der Waals surface area contributed by atoms with E-state index in [0.717, 1.165) is 29.3 Å². The number of amides is 2. The summed E-state index contributed by atoms with van der Waals surface area (Å²) in [5, 5.41) is 9.77. The summed E-state index contributed by atoms with van der Waals surface area (Å²) in [4.78, 5) is 33.5. The number of carbonyl (C=O) groups excluding carboxylic acids is 2. The Balaban J connectivity index is 1.41. The first-order chi connectivity index (χ1) is 14.1. The molecule has 0 unspecified atom stereocenters. The summed E-state index contributed by atoms with van der Waals surface area (Å²) < 4.78 is 0. The highest BCUT2D eigenvalue weighted by molar-refractivity contribution is 6.07. The molecule has 2 heterocycles. The first-order valence-corrected chi connectivity index (χ1v) is 9.75. The van der Waals surface area contributed by atoms with E-state index in [9.17, 15) is 9.59 Å². The Hall–Kier alpha value is -3.48. The highest BCUT2D eigenvalue weighted by atomic mass is 16.2. The fraction of sp³-hybridized carbons (Fsp3) is 0.273. The van der Waals surface area contributed by atoms with E-state index in [2.05, 4.69) is 25.9 Å². The number of para-hydroxylation sites is 1. The standard InChI is InChI=1S/C22H23N5O2/c1-14-6-9-19(24-13-14)27-21(28)10-11-23-20-12-17(22(29)25-15-7-8-15)16-4-2-3-5-18(16)26-20/h2-6,9,12-13,15H,7-8,10-11H2,1H3,(H,23,26)(H,25,29)(H,24,27,28). The average Bonchev–Trinajstić information content (AvgIpc) is 3.53. The highest BCUT2D eigenvalue weighted by Crippen LogP contribution is 2.24.